The van der Waals surface area contributed by atoms with E-state index in [9.17, 15) is 5.11 Å². The maximum absolute atomic E-state index is 9.91. The zero-order valence-electron chi connectivity index (χ0n) is 20.2. The van der Waals surface area contributed by atoms with Gasteiger partial charge in [-0.25, -0.2) is 9.97 Å². The molecule has 3 aliphatic rings. The SMILES string of the molecule is CN1CCN(c2cc(Nc3ncc(C4CCNCC4)c(N[C@H]4CC[C@H](O)CC4)n3)ccn2)CC1. The Morgan fingerprint density at radius 1 is 1.00 bits per heavy atom. The van der Waals surface area contributed by atoms with E-state index in [1.54, 1.807) is 0 Å². The number of piperazine rings is 1. The molecule has 2 aromatic rings. The molecule has 0 unspecified atom stereocenters. The van der Waals surface area contributed by atoms with Crippen LogP contribution >= 0.6 is 0 Å². The van der Waals surface area contributed by atoms with Crippen molar-refractivity contribution < 1.29 is 5.11 Å². The van der Waals surface area contributed by atoms with Crippen LogP contribution in [0.4, 0.5) is 23.3 Å². The predicted molar refractivity (Wildman–Crippen MR) is 136 cm³/mol. The predicted octanol–water partition coefficient (Wildman–Crippen LogP) is 2.55. The molecule has 0 aromatic carbocycles. The van der Waals surface area contributed by atoms with Crippen LogP contribution in [0.3, 0.4) is 0 Å². The van der Waals surface area contributed by atoms with Crippen LogP contribution in [0.1, 0.15) is 50.0 Å². The summed E-state index contributed by atoms with van der Waals surface area (Å²) in [7, 11) is 2.16. The van der Waals surface area contributed by atoms with E-state index in [2.05, 4.69) is 43.8 Å². The second-order valence-corrected chi connectivity index (χ2v) is 9.99. The molecule has 1 saturated carbocycles. The van der Waals surface area contributed by atoms with E-state index in [0.29, 0.717) is 17.9 Å². The molecule has 34 heavy (non-hydrogen) atoms. The molecule has 5 rings (SSSR count). The van der Waals surface area contributed by atoms with Crippen LogP contribution in [0, 0.1) is 0 Å². The van der Waals surface area contributed by atoms with E-state index in [1.165, 1.54) is 5.56 Å². The van der Waals surface area contributed by atoms with Gasteiger partial charge in [-0.1, -0.05) is 0 Å². The molecule has 2 aromatic heterocycles. The number of aromatic nitrogens is 3. The summed E-state index contributed by atoms with van der Waals surface area (Å²) in [6.07, 6.45) is 9.55. The average Bonchev–Trinajstić information content (AvgIpc) is 2.87. The van der Waals surface area contributed by atoms with Crippen LogP contribution in [-0.4, -0.2) is 83.4 Å². The maximum atomic E-state index is 9.91. The number of pyridine rings is 1. The highest BCUT2D eigenvalue weighted by Crippen LogP contribution is 2.32. The molecule has 9 heteroatoms. The largest absolute Gasteiger partial charge is 0.393 e. The van der Waals surface area contributed by atoms with Gasteiger partial charge in [-0.05, 0) is 70.6 Å². The van der Waals surface area contributed by atoms with Crippen LogP contribution in [0.5, 0.6) is 0 Å². The summed E-state index contributed by atoms with van der Waals surface area (Å²) in [5, 5.41) is 20.5. The van der Waals surface area contributed by atoms with E-state index in [0.717, 1.165) is 95.1 Å². The molecule has 0 amide bonds. The van der Waals surface area contributed by atoms with E-state index < -0.39 is 0 Å². The Morgan fingerprint density at radius 3 is 2.53 bits per heavy atom. The summed E-state index contributed by atoms with van der Waals surface area (Å²) in [6, 6.07) is 4.40. The number of hydrogen-bond acceptors (Lipinski definition) is 9. The van der Waals surface area contributed by atoms with Crippen LogP contribution < -0.4 is 20.9 Å². The summed E-state index contributed by atoms with van der Waals surface area (Å²) in [5.41, 5.74) is 2.16. The Balaban J connectivity index is 1.34. The van der Waals surface area contributed by atoms with Gasteiger partial charge in [-0.3, -0.25) is 0 Å². The first-order valence-corrected chi connectivity index (χ1v) is 12.8. The number of likely N-dealkylation sites (N-methyl/N-ethyl adjacent to an activating group) is 1. The van der Waals surface area contributed by atoms with Crippen molar-refractivity contribution in [3.63, 3.8) is 0 Å². The first-order valence-electron chi connectivity index (χ1n) is 12.8. The third-order valence-electron chi connectivity index (χ3n) is 7.46. The lowest BCUT2D eigenvalue weighted by atomic mass is 9.90. The third kappa shape index (κ3) is 5.76. The molecule has 0 bridgehead atoms. The van der Waals surface area contributed by atoms with Gasteiger partial charge in [0.15, 0.2) is 0 Å². The standard InChI is InChI=1S/C25H38N8O/c1-32-12-14-33(15-13-32)23-16-20(8-11-27-23)30-25-28-17-22(18-6-9-26-10-7-18)24(31-25)29-19-2-4-21(34)5-3-19/h8,11,16-19,21,26,34H,2-7,9-10,12-15H2,1H3,(H2,27,28,29,30,31)/t19-,21-. The fraction of sp³-hybridized carbons (Fsp3) is 0.640. The van der Waals surface area contributed by atoms with Crippen LogP contribution in [-0.2, 0) is 0 Å². The minimum absolute atomic E-state index is 0.161. The van der Waals surface area contributed by atoms with Crippen molar-refractivity contribution in [1.29, 1.82) is 0 Å². The van der Waals surface area contributed by atoms with Gasteiger partial charge in [-0.15, -0.1) is 0 Å². The average molecular weight is 467 g/mol. The number of nitrogens with zero attached hydrogens (tertiary/aromatic N) is 5. The number of nitrogens with one attached hydrogen (secondary N) is 3. The number of piperidine rings is 1. The van der Waals surface area contributed by atoms with Crippen molar-refractivity contribution in [3.8, 4) is 0 Å². The van der Waals surface area contributed by atoms with Gasteiger partial charge in [-0.2, -0.15) is 4.98 Å². The van der Waals surface area contributed by atoms with Gasteiger partial charge < -0.3 is 30.9 Å². The van der Waals surface area contributed by atoms with Crippen molar-refractivity contribution in [2.75, 3.05) is 61.8 Å². The molecule has 0 atom stereocenters. The van der Waals surface area contributed by atoms with Crippen molar-refractivity contribution in [2.45, 2.75) is 56.6 Å². The van der Waals surface area contributed by atoms with Gasteiger partial charge in [0, 0.05) is 61.9 Å². The summed E-state index contributed by atoms with van der Waals surface area (Å²) in [5.74, 6) is 3.01. The fourth-order valence-electron chi connectivity index (χ4n) is 5.25. The normalized spacial score (nSPS) is 24.7. The number of anilines is 4. The molecule has 4 N–H and O–H groups in total. The zero-order valence-corrected chi connectivity index (χ0v) is 20.2. The summed E-state index contributed by atoms with van der Waals surface area (Å²) in [4.78, 5) is 18.9. The number of hydrogen-bond donors (Lipinski definition) is 4. The molecular formula is C25H38N8O. The Morgan fingerprint density at radius 2 is 1.76 bits per heavy atom. The summed E-state index contributed by atoms with van der Waals surface area (Å²) in [6.45, 7) is 6.14. The molecule has 2 aliphatic heterocycles. The Bertz CT molecular complexity index is 934. The number of aliphatic hydroxyl groups is 1. The lowest BCUT2D eigenvalue weighted by Crippen LogP contribution is -2.44. The van der Waals surface area contributed by atoms with Crippen molar-refractivity contribution in [2.24, 2.45) is 0 Å². The minimum Gasteiger partial charge on any atom is -0.393 e. The van der Waals surface area contributed by atoms with E-state index >= 15 is 0 Å². The van der Waals surface area contributed by atoms with Gasteiger partial charge in [0.1, 0.15) is 11.6 Å². The highest BCUT2D eigenvalue weighted by atomic mass is 16.3. The van der Waals surface area contributed by atoms with Gasteiger partial charge in [0.25, 0.3) is 0 Å². The highest BCUT2D eigenvalue weighted by molar-refractivity contribution is 5.60. The van der Waals surface area contributed by atoms with E-state index in [1.807, 2.05) is 18.5 Å². The minimum atomic E-state index is -0.161. The van der Waals surface area contributed by atoms with Gasteiger partial charge >= 0.3 is 0 Å². The van der Waals surface area contributed by atoms with Gasteiger partial charge in [0.05, 0.1) is 6.10 Å². The lowest BCUT2D eigenvalue weighted by molar-refractivity contribution is 0.126. The summed E-state index contributed by atoms with van der Waals surface area (Å²) >= 11 is 0. The van der Waals surface area contributed by atoms with Crippen molar-refractivity contribution in [3.05, 3.63) is 30.1 Å². The van der Waals surface area contributed by atoms with E-state index in [-0.39, 0.29) is 6.10 Å². The molecule has 2 saturated heterocycles. The first kappa shape index (κ1) is 23.3. The quantitative estimate of drug-likeness (QED) is 0.512. The third-order valence-corrected chi connectivity index (χ3v) is 7.46. The maximum Gasteiger partial charge on any atom is 0.229 e. The molecule has 1 aliphatic carbocycles. The van der Waals surface area contributed by atoms with Crippen LogP contribution in [0.15, 0.2) is 24.5 Å². The zero-order chi connectivity index (χ0) is 23.3. The lowest BCUT2D eigenvalue weighted by Gasteiger charge is -2.33. The van der Waals surface area contributed by atoms with Crippen molar-refractivity contribution >= 4 is 23.3 Å². The Labute approximate surface area is 202 Å². The first-order chi connectivity index (χ1) is 16.6. The number of aliphatic hydroxyl groups excluding tert-OH is 1. The molecule has 0 spiro atoms. The molecule has 0 radical (unpaired) electrons. The second-order valence-electron chi connectivity index (χ2n) is 9.99. The van der Waals surface area contributed by atoms with Gasteiger partial charge in [0.2, 0.25) is 5.95 Å². The molecule has 3 fully saturated rings. The monoisotopic (exact) mass is 466 g/mol. The topological polar surface area (TPSA) is 101 Å². The Hall–Kier alpha value is -2.49. The highest BCUT2D eigenvalue weighted by Gasteiger charge is 2.24. The fourth-order valence-corrected chi connectivity index (χ4v) is 5.25. The molecule has 4 heterocycles. The van der Waals surface area contributed by atoms with Crippen LogP contribution in [0.25, 0.3) is 0 Å². The summed E-state index contributed by atoms with van der Waals surface area (Å²) < 4.78 is 0. The Kier molecular flexibility index (Phi) is 7.42. The molecule has 9 nitrogen and oxygen atoms in total. The van der Waals surface area contributed by atoms with Crippen molar-refractivity contribution in [1.82, 2.24) is 25.2 Å². The molecule has 184 valence electrons. The smallest absolute Gasteiger partial charge is 0.229 e. The van der Waals surface area contributed by atoms with Crippen LogP contribution in [0.2, 0.25) is 0 Å². The molecular weight excluding hydrogens is 428 g/mol. The number of rotatable bonds is 6. The second kappa shape index (κ2) is 10.8. The van der Waals surface area contributed by atoms with E-state index in [4.69, 9.17) is 9.97 Å².